The molecule has 0 amide bonds. The van der Waals surface area contributed by atoms with Crippen molar-refractivity contribution >= 4 is 5.97 Å². The van der Waals surface area contributed by atoms with Gasteiger partial charge >= 0.3 is 5.97 Å². The van der Waals surface area contributed by atoms with E-state index in [0.29, 0.717) is 38.0 Å². The van der Waals surface area contributed by atoms with Crippen molar-refractivity contribution < 1.29 is 66.4 Å². The molecule has 362 valence electrons. The molecule has 12 aliphatic heterocycles. The van der Waals surface area contributed by atoms with Gasteiger partial charge in [-0.1, -0.05) is 59.4 Å². The summed E-state index contributed by atoms with van der Waals surface area (Å²) in [6.07, 6.45) is 2.83. The summed E-state index contributed by atoms with van der Waals surface area (Å²) >= 11 is 0. The number of hydrogen-bond acceptors (Lipinski definition) is 14. The highest BCUT2D eigenvalue weighted by Gasteiger charge is 2.83. The molecular weight excluding hydrogens is 849 g/mol. The summed E-state index contributed by atoms with van der Waals surface area (Å²) in [5.41, 5.74) is 3.00. The largest absolute Gasteiger partial charge is 0.497 e. The van der Waals surface area contributed by atoms with Gasteiger partial charge in [0.25, 0.3) is 0 Å². The molecule has 1 aromatic carbocycles. The second-order valence-electron chi connectivity index (χ2n) is 21.7. The van der Waals surface area contributed by atoms with E-state index in [1.54, 1.807) is 7.11 Å². The molecule has 14 heteroatoms. The molecule has 12 fully saturated rings. The summed E-state index contributed by atoms with van der Waals surface area (Å²) in [5.74, 6) is -1.58. The molecule has 14 nitrogen and oxygen atoms in total. The van der Waals surface area contributed by atoms with Crippen molar-refractivity contribution in [2.45, 2.75) is 233 Å². The summed E-state index contributed by atoms with van der Waals surface area (Å²) in [6, 6.07) is 7.69. The first-order valence-electron chi connectivity index (χ1n) is 25.4. The molecule has 0 aliphatic carbocycles. The summed E-state index contributed by atoms with van der Waals surface area (Å²) in [4.78, 5) is 14.4. The number of methoxy groups -OCH3 is 1. The minimum Gasteiger partial charge on any atom is -0.497 e. The third-order valence-corrected chi connectivity index (χ3v) is 17.4. The van der Waals surface area contributed by atoms with E-state index in [1.807, 2.05) is 24.3 Å². The maximum Gasteiger partial charge on any atom is 0.308 e. The highest BCUT2D eigenvalue weighted by Crippen LogP contribution is 2.64. The summed E-state index contributed by atoms with van der Waals surface area (Å²) in [6.45, 7) is 18.0. The van der Waals surface area contributed by atoms with Crippen LogP contribution in [0.1, 0.15) is 123 Å². The van der Waals surface area contributed by atoms with Crippen molar-refractivity contribution in [1.82, 2.24) is 0 Å². The fourth-order valence-corrected chi connectivity index (χ4v) is 13.9. The van der Waals surface area contributed by atoms with E-state index in [-0.39, 0.29) is 73.1 Å². The first kappa shape index (κ1) is 44.7. The van der Waals surface area contributed by atoms with Gasteiger partial charge in [0.05, 0.1) is 74.6 Å². The number of hydrogen-bond donors (Lipinski definition) is 0. The molecule has 0 saturated carbocycles. The van der Waals surface area contributed by atoms with E-state index in [2.05, 4.69) is 40.9 Å². The van der Waals surface area contributed by atoms with Crippen LogP contribution in [0.2, 0.25) is 0 Å². The Balaban J connectivity index is 0.853. The van der Waals surface area contributed by atoms with E-state index in [1.165, 1.54) is 0 Å². The molecule has 12 bridgehead atoms. The van der Waals surface area contributed by atoms with Crippen molar-refractivity contribution in [2.24, 2.45) is 17.8 Å². The van der Waals surface area contributed by atoms with Gasteiger partial charge in [-0.15, -0.1) is 0 Å². The molecule has 0 radical (unpaired) electrons. The number of carbonyl (C=O) groups excluding carboxylic acids is 1. The first-order chi connectivity index (χ1) is 31.9. The van der Waals surface area contributed by atoms with Crippen LogP contribution in [-0.4, -0.2) is 128 Å². The van der Waals surface area contributed by atoms with E-state index < -0.39 is 72.8 Å². The highest BCUT2D eigenvalue weighted by atomic mass is 16.9. The van der Waals surface area contributed by atoms with E-state index in [0.717, 1.165) is 67.4 Å². The Morgan fingerprint density at radius 3 is 2.27 bits per heavy atom. The van der Waals surface area contributed by atoms with E-state index in [4.69, 9.17) is 61.6 Å². The summed E-state index contributed by atoms with van der Waals surface area (Å²) in [7, 11) is 1.65. The average molecular weight is 919 g/mol. The Labute approximate surface area is 388 Å². The molecule has 0 N–H and O–H groups in total. The molecule has 2 spiro atoms. The lowest BCUT2D eigenvalue weighted by Crippen LogP contribution is -2.63. The normalized spacial score (nSPS) is 51.9. The average Bonchev–Trinajstić information content (AvgIpc) is 3.98. The number of esters is 1. The van der Waals surface area contributed by atoms with Gasteiger partial charge in [-0.25, -0.2) is 0 Å². The van der Waals surface area contributed by atoms with Crippen LogP contribution in [0.15, 0.2) is 48.6 Å². The maximum absolute atomic E-state index is 14.4. The van der Waals surface area contributed by atoms with Gasteiger partial charge in [-0.3, -0.25) is 4.79 Å². The molecule has 0 aromatic heterocycles. The molecular formula is C52H70O14. The van der Waals surface area contributed by atoms with E-state index in [9.17, 15) is 4.79 Å². The number of carbonyl (C=O) groups is 1. The monoisotopic (exact) mass is 918 g/mol. The van der Waals surface area contributed by atoms with Gasteiger partial charge in [0.15, 0.2) is 12.4 Å². The lowest BCUT2D eigenvalue weighted by molar-refractivity contribution is -0.329. The second-order valence-corrected chi connectivity index (χ2v) is 21.7. The fourth-order valence-electron chi connectivity index (χ4n) is 13.9. The Morgan fingerprint density at radius 2 is 1.45 bits per heavy atom. The van der Waals surface area contributed by atoms with Crippen molar-refractivity contribution in [3.8, 4) is 5.75 Å². The number of benzene rings is 1. The van der Waals surface area contributed by atoms with Crippen molar-refractivity contribution in [2.75, 3.05) is 7.11 Å². The van der Waals surface area contributed by atoms with E-state index >= 15 is 0 Å². The third kappa shape index (κ3) is 7.40. The van der Waals surface area contributed by atoms with Gasteiger partial charge in [0.2, 0.25) is 11.6 Å². The van der Waals surface area contributed by atoms with Crippen LogP contribution in [-0.2, 0) is 61.6 Å². The predicted octanol–water partition coefficient (Wildman–Crippen LogP) is 7.34. The zero-order valence-corrected chi connectivity index (χ0v) is 39.3. The zero-order chi connectivity index (χ0) is 45.2. The topological polar surface area (TPSA) is 137 Å². The Morgan fingerprint density at radius 1 is 0.682 bits per heavy atom. The predicted molar refractivity (Wildman–Crippen MR) is 235 cm³/mol. The first-order valence-corrected chi connectivity index (χ1v) is 25.4. The van der Waals surface area contributed by atoms with Crippen LogP contribution < -0.4 is 4.74 Å². The van der Waals surface area contributed by atoms with Crippen LogP contribution in [0, 0.1) is 17.8 Å². The molecule has 66 heavy (non-hydrogen) atoms. The molecule has 12 heterocycles. The zero-order valence-electron chi connectivity index (χ0n) is 39.3. The van der Waals surface area contributed by atoms with Crippen LogP contribution in [0.5, 0.6) is 5.75 Å². The van der Waals surface area contributed by atoms with Crippen molar-refractivity contribution in [3.63, 3.8) is 0 Å². The quantitative estimate of drug-likeness (QED) is 0.220. The minimum atomic E-state index is -1.27. The lowest BCUT2D eigenvalue weighted by Gasteiger charge is -2.51. The van der Waals surface area contributed by atoms with Crippen LogP contribution in [0.3, 0.4) is 0 Å². The molecule has 12 aliphatic rings. The third-order valence-electron chi connectivity index (χ3n) is 17.4. The van der Waals surface area contributed by atoms with Crippen molar-refractivity contribution in [1.29, 1.82) is 0 Å². The molecule has 23 unspecified atom stereocenters. The van der Waals surface area contributed by atoms with Crippen LogP contribution in [0.4, 0.5) is 0 Å². The minimum absolute atomic E-state index is 0.0103. The number of rotatable bonds is 4. The van der Waals surface area contributed by atoms with Gasteiger partial charge in [-0.05, 0) is 92.9 Å². The molecule has 13 rings (SSSR count). The Hall–Kier alpha value is -2.47. The lowest BCUT2D eigenvalue weighted by atomic mass is 9.78. The highest BCUT2D eigenvalue weighted by molar-refractivity contribution is 5.70. The number of ether oxygens (including phenoxy) is 13. The standard InChI is InChI=1S/C52H70O14/c1-8-9-35-27(4)22-39-42(59-35)29(6)43-40(58-39)24-38-28(5)25(2)20-32(56-38)14-16-36-26(3)21-34(55-36)18-19-51-50-52(66-49(62-50)30-10-12-31(54-7)13-11-30)48(65-51)47-46(64-52)45(63-51)44-37(60-47)17-15-33(57-44)23-41(53)61-43/h10-13,25,27,29,32-40,42-50H,3,5,8-9,14-24H2,1-2,4,6-7H3. The molecule has 23 atom stereocenters. The summed E-state index contributed by atoms with van der Waals surface area (Å²) < 4.78 is 88.9. The molecule has 12 saturated heterocycles. The number of fused-ring (bicyclic) bond motifs is 7. The Bertz CT molecular complexity index is 2010. The van der Waals surface area contributed by atoms with Crippen LogP contribution in [0.25, 0.3) is 0 Å². The summed E-state index contributed by atoms with van der Waals surface area (Å²) in [5, 5.41) is 0. The smallest absolute Gasteiger partial charge is 0.308 e. The van der Waals surface area contributed by atoms with Gasteiger partial charge in [-0.2, -0.15) is 0 Å². The molecule has 1 aromatic rings. The SMILES string of the molecule is C=C1CC2CCC34OC5C6OC(CCC6OC6C5OC5(OC(c7ccc(OC)cc7)OC35)C6O4)CC(=O)OC3C(CC4OC(CCC1O2)CC(C)C4=C)OC1CC(C)C(CCC)OC1C3C. The van der Waals surface area contributed by atoms with Gasteiger partial charge in [0.1, 0.15) is 42.4 Å². The fraction of sp³-hybridized carbons (Fsp3) is 0.788. The van der Waals surface area contributed by atoms with Gasteiger partial charge < -0.3 is 61.6 Å². The Kier molecular flexibility index (Phi) is 11.6. The second kappa shape index (κ2) is 17.1. The van der Waals surface area contributed by atoms with Crippen molar-refractivity contribution in [3.05, 3.63) is 54.1 Å². The maximum atomic E-state index is 14.4. The van der Waals surface area contributed by atoms with Crippen LogP contribution >= 0.6 is 0 Å². The van der Waals surface area contributed by atoms with Gasteiger partial charge in [0, 0.05) is 24.3 Å².